The van der Waals surface area contributed by atoms with Crippen LogP contribution in [0.3, 0.4) is 0 Å². The van der Waals surface area contributed by atoms with Crippen LogP contribution in [0.1, 0.15) is 19.3 Å². The standard InChI is InChI=1S/C19H21N5O2S/c25-17(22-14-5-9-23(10-6-14)19-20-8-12-27-19)7-11-24-13-21-16-4-2-1-3-15(16)18(24)26/h1-4,8,12-14H,5-7,9-11H2,(H,22,25). The van der Waals surface area contributed by atoms with Crippen LogP contribution >= 0.6 is 11.3 Å². The first kappa shape index (κ1) is 17.7. The van der Waals surface area contributed by atoms with Gasteiger partial charge in [0.25, 0.3) is 5.56 Å². The van der Waals surface area contributed by atoms with Gasteiger partial charge in [-0.3, -0.25) is 14.2 Å². The van der Waals surface area contributed by atoms with Crippen LogP contribution < -0.4 is 15.8 Å². The molecule has 0 saturated carbocycles. The first-order chi connectivity index (χ1) is 13.2. The Morgan fingerprint density at radius 2 is 2.04 bits per heavy atom. The van der Waals surface area contributed by atoms with Gasteiger partial charge < -0.3 is 10.2 Å². The Bertz CT molecular complexity index is 977. The Kier molecular flexibility index (Phi) is 5.15. The van der Waals surface area contributed by atoms with Crippen molar-refractivity contribution in [3.63, 3.8) is 0 Å². The minimum atomic E-state index is -0.106. The van der Waals surface area contributed by atoms with E-state index in [9.17, 15) is 9.59 Å². The molecule has 1 fully saturated rings. The highest BCUT2D eigenvalue weighted by Gasteiger charge is 2.21. The van der Waals surface area contributed by atoms with Crippen molar-refractivity contribution in [1.29, 1.82) is 0 Å². The van der Waals surface area contributed by atoms with Crippen LogP contribution in [0.15, 0.2) is 47.0 Å². The molecule has 1 saturated heterocycles. The Balaban J connectivity index is 1.29. The molecule has 1 aliphatic rings. The highest BCUT2D eigenvalue weighted by Crippen LogP contribution is 2.21. The summed E-state index contributed by atoms with van der Waals surface area (Å²) in [5.41, 5.74) is 0.570. The number of nitrogens with zero attached hydrogens (tertiary/aromatic N) is 4. The number of para-hydroxylation sites is 1. The number of carbonyl (C=O) groups is 1. The molecule has 1 N–H and O–H groups in total. The second-order valence-electron chi connectivity index (χ2n) is 6.65. The summed E-state index contributed by atoms with van der Waals surface area (Å²) in [6.07, 6.45) is 5.42. The van der Waals surface area contributed by atoms with Crippen LogP contribution in [-0.2, 0) is 11.3 Å². The number of benzene rings is 1. The smallest absolute Gasteiger partial charge is 0.261 e. The summed E-state index contributed by atoms with van der Waals surface area (Å²) >= 11 is 1.64. The van der Waals surface area contributed by atoms with E-state index in [-0.39, 0.29) is 23.9 Å². The third-order valence-electron chi connectivity index (χ3n) is 4.86. The number of fused-ring (bicyclic) bond motifs is 1. The molecule has 3 heterocycles. The van der Waals surface area contributed by atoms with Crippen LogP contribution in [0, 0.1) is 0 Å². The van der Waals surface area contributed by atoms with Gasteiger partial charge in [0.05, 0.1) is 17.2 Å². The molecule has 0 atom stereocenters. The number of piperidine rings is 1. The van der Waals surface area contributed by atoms with E-state index in [4.69, 9.17) is 0 Å². The molecule has 7 nitrogen and oxygen atoms in total. The lowest BCUT2D eigenvalue weighted by molar-refractivity contribution is -0.122. The summed E-state index contributed by atoms with van der Waals surface area (Å²) in [5.74, 6) is -0.0252. The van der Waals surface area contributed by atoms with E-state index in [0.29, 0.717) is 17.4 Å². The molecule has 2 aromatic heterocycles. The molecular weight excluding hydrogens is 362 g/mol. The van der Waals surface area contributed by atoms with Crippen LogP contribution in [0.5, 0.6) is 0 Å². The number of thiazole rings is 1. The zero-order valence-corrected chi connectivity index (χ0v) is 15.7. The maximum atomic E-state index is 12.5. The van der Waals surface area contributed by atoms with E-state index in [1.165, 1.54) is 10.9 Å². The summed E-state index contributed by atoms with van der Waals surface area (Å²) in [5, 5.41) is 6.70. The Morgan fingerprint density at radius 3 is 2.81 bits per heavy atom. The van der Waals surface area contributed by atoms with Crippen molar-refractivity contribution in [1.82, 2.24) is 19.9 Å². The normalized spacial score (nSPS) is 15.2. The van der Waals surface area contributed by atoms with Crippen LogP contribution in [0.4, 0.5) is 5.13 Å². The largest absolute Gasteiger partial charge is 0.353 e. The summed E-state index contributed by atoms with van der Waals surface area (Å²) in [4.78, 5) is 35.6. The average molecular weight is 383 g/mol. The van der Waals surface area contributed by atoms with E-state index in [0.717, 1.165) is 31.1 Å². The number of anilines is 1. The Morgan fingerprint density at radius 1 is 1.22 bits per heavy atom. The van der Waals surface area contributed by atoms with E-state index in [1.807, 2.05) is 29.8 Å². The van der Waals surface area contributed by atoms with Crippen LogP contribution in [0.25, 0.3) is 10.9 Å². The monoisotopic (exact) mass is 383 g/mol. The van der Waals surface area contributed by atoms with Gasteiger partial charge in [-0.1, -0.05) is 12.1 Å². The lowest BCUT2D eigenvalue weighted by Crippen LogP contribution is -2.45. The molecule has 3 aromatic rings. The quantitative estimate of drug-likeness (QED) is 0.729. The van der Waals surface area contributed by atoms with Crippen molar-refractivity contribution in [3.05, 3.63) is 52.5 Å². The number of nitrogens with one attached hydrogen (secondary N) is 1. The van der Waals surface area contributed by atoms with Gasteiger partial charge in [-0.15, -0.1) is 11.3 Å². The molecule has 0 aliphatic carbocycles. The van der Waals surface area contributed by atoms with E-state index in [1.54, 1.807) is 17.4 Å². The molecule has 4 rings (SSSR count). The zero-order chi connectivity index (χ0) is 18.6. The summed E-state index contributed by atoms with van der Waals surface area (Å²) in [6.45, 7) is 2.12. The van der Waals surface area contributed by atoms with E-state index in [2.05, 4.69) is 20.2 Å². The molecule has 0 unspecified atom stereocenters. The summed E-state index contributed by atoms with van der Waals surface area (Å²) < 4.78 is 1.51. The highest BCUT2D eigenvalue weighted by atomic mass is 32.1. The van der Waals surface area contributed by atoms with Crippen LogP contribution in [0.2, 0.25) is 0 Å². The van der Waals surface area contributed by atoms with Gasteiger partial charge in [0.1, 0.15) is 0 Å². The number of hydrogen-bond donors (Lipinski definition) is 1. The van der Waals surface area contributed by atoms with Crippen molar-refractivity contribution in [3.8, 4) is 0 Å². The molecule has 0 bridgehead atoms. The first-order valence-corrected chi connectivity index (χ1v) is 9.96. The maximum Gasteiger partial charge on any atom is 0.261 e. The van der Waals surface area contributed by atoms with Gasteiger partial charge >= 0.3 is 0 Å². The number of rotatable bonds is 5. The SMILES string of the molecule is O=C(CCn1cnc2ccccc2c1=O)NC1CCN(c2nccs2)CC1. The van der Waals surface area contributed by atoms with Gasteiger partial charge in [0.15, 0.2) is 5.13 Å². The van der Waals surface area contributed by atoms with Gasteiger partial charge in [-0.05, 0) is 25.0 Å². The molecule has 1 aliphatic heterocycles. The van der Waals surface area contributed by atoms with Crippen molar-refractivity contribution in [2.75, 3.05) is 18.0 Å². The zero-order valence-electron chi connectivity index (χ0n) is 14.9. The molecule has 1 amide bonds. The molecule has 0 spiro atoms. The molecular formula is C19H21N5O2S. The maximum absolute atomic E-state index is 12.5. The predicted octanol–water partition coefficient (Wildman–Crippen LogP) is 2.03. The number of aromatic nitrogens is 3. The van der Waals surface area contributed by atoms with E-state index < -0.39 is 0 Å². The van der Waals surface area contributed by atoms with Gasteiger partial charge in [0.2, 0.25) is 5.91 Å². The molecule has 0 radical (unpaired) electrons. The summed E-state index contributed by atoms with van der Waals surface area (Å²) in [7, 11) is 0. The fourth-order valence-electron chi connectivity index (χ4n) is 3.37. The summed E-state index contributed by atoms with van der Waals surface area (Å²) in [6, 6.07) is 7.43. The number of aryl methyl sites for hydroxylation is 1. The van der Waals surface area contributed by atoms with Crippen molar-refractivity contribution in [2.45, 2.75) is 31.8 Å². The second kappa shape index (κ2) is 7.87. The first-order valence-electron chi connectivity index (χ1n) is 9.09. The van der Waals surface area contributed by atoms with Gasteiger partial charge in [-0.2, -0.15) is 0 Å². The average Bonchev–Trinajstić information content (AvgIpc) is 3.23. The minimum absolute atomic E-state index is 0.0252. The Hall–Kier alpha value is -2.74. The second-order valence-corrected chi connectivity index (χ2v) is 7.53. The van der Waals surface area contributed by atoms with Crippen molar-refractivity contribution in [2.24, 2.45) is 0 Å². The topological polar surface area (TPSA) is 80.1 Å². The number of hydrogen-bond acceptors (Lipinski definition) is 6. The minimum Gasteiger partial charge on any atom is -0.353 e. The van der Waals surface area contributed by atoms with Gasteiger partial charge in [0, 0.05) is 43.7 Å². The third-order valence-corrected chi connectivity index (χ3v) is 5.69. The van der Waals surface area contributed by atoms with Gasteiger partial charge in [-0.25, -0.2) is 9.97 Å². The highest BCUT2D eigenvalue weighted by molar-refractivity contribution is 7.13. The third kappa shape index (κ3) is 4.00. The molecule has 140 valence electrons. The Labute approximate surface area is 160 Å². The van der Waals surface area contributed by atoms with Crippen LogP contribution in [-0.4, -0.2) is 39.6 Å². The predicted molar refractivity (Wildman–Crippen MR) is 106 cm³/mol. The van der Waals surface area contributed by atoms with Crippen molar-refractivity contribution < 1.29 is 4.79 Å². The fraction of sp³-hybridized carbons (Fsp3) is 0.368. The lowest BCUT2D eigenvalue weighted by atomic mass is 10.1. The fourth-order valence-corrected chi connectivity index (χ4v) is 4.07. The number of carbonyl (C=O) groups excluding carboxylic acids is 1. The lowest BCUT2D eigenvalue weighted by Gasteiger charge is -2.32. The van der Waals surface area contributed by atoms with Crippen molar-refractivity contribution >= 4 is 33.3 Å². The molecule has 27 heavy (non-hydrogen) atoms. The molecule has 1 aromatic carbocycles. The molecule has 8 heteroatoms. The number of amides is 1. The van der Waals surface area contributed by atoms with E-state index >= 15 is 0 Å².